The molecule has 0 aromatic carbocycles. The zero-order valence-corrected chi connectivity index (χ0v) is 16.6. The van der Waals surface area contributed by atoms with Crippen molar-refractivity contribution in [3.05, 3.63) is 17.5 Å². The summed E-state index contributed by atoms with van der Waals surface area (Å²) in [7, 11) is -3.45. The fraction of sp³-hybridized carbons (Fsp3) is 0.688. The topological polar surface area (TPSA) is 92.5 Å². The molecule has 1 aromatic rings. The highest BCUT2D eigenvalue weighted by Crippen LogP contribution is 2.29. The molecule has 0 radical (unpaired) electrons. The Hall–Kier alpha value is -0.670. The van der Waals surface area contributed by atoms with Crippen LogP contribution in [0.3, 0.4) is 0 Å². The van der Waals surface area contributed by atoms with Gasteiger partial charge in [-0.1, -0.05) is 25.3 Å². The number of hydrogen-bond acceptors (Lipinski definition) is 5. The maximum absolute atomic E-state index is 12.7. The molecule has 6 nitrogen and oxygen atoms in total. The minimum Gasteiger partial charge on any atom is -0.341 e. The average molecular weight is 408 g/mol. The Morgan fingerprint density at radius 2 is 1.88 bits per heavy atom. The molecule has 2 aliphatic rings. The van der Waals surface area contributed by atoms with Gasteiger partial charge in [-0.25, -0.2) is 13.1 Å². The number of thiophene rings is 1. The normalized spacial score (nSPS) is 21.6. The van der Waals surface area contributed by atoms with Crippen molar-refractivity contribution in [2.75, 3.05) is 13.1 Å². The third-order valence-corrected chi connectivity index (χ3v) is 7.95. The monoisotopic (exact) mass is 407 g/mol. The molecule has 1 aliphatic heterocycles. The van der Waals surface area contributed by atoms with Crippen LogP contribution in [0.1, 0.15) is 44.9 Å². The fourth-order valence-corrected chi connectivity index (χ4v) is 5.92. The first-order chi connectivity index (χ1) is 11.4. The Balaban J connectivity index is 0.00000225. The third-order valence-electron chi connectivity index (χ3n) is 5.04. The van der Waals surface area contributed by atoms with Gasteiger partial charge in [-0.3, -0.25) is 4.79 Å². The van der Waals surface area contributed by atoms with E-state index in [1.807, 2.05) is 4.90 Å². The number of hydrogen-bond donors (Lipinski definition) is 2. The standard InChI is InChI=1S/C16H25N3O3S2.ClH/c17-16(8-2-1-3-9-16)15(20)19-10-6-13(7-11-19)18-24(21,22)14-5-4-12-23-14;/h4-5,12-13,18H,1-3,6-11,17H2;1H. The molecule has 3 N–H and O–H groups in total. The van der Waals surface area contributed by atoms with Crippen molar-refractivity contribution in [2.24, 2.45) is 5.73 Å². The lowest BCUT2D eigenvalue weighted by molar-refractivity contribution is -0.139. The van der Waals surface area contributed by atoms with Gasteiger partial charge in [0.05, 0.1) is 5.54 Å². The number of carbonyl (C=O) groups is 1. The molecule has 1 saturated carbocycles. The highest BCUT2D eigenvalue weighted by Gasteiger charge is 2.39. The van der Waals surface area contributed by atoms with Crippen molar-refractivity contribution in [1.29, 1.82) is 0 Å². The summed E-state index contributed by atoms with van der Waals surface area (Å²) in [6.07, 6.45) is 5.96. The molecule has 1 aromatic heterocycles. The molecule has 25 heavy (non-hydrogen) atoms. The molecule has 2 fully saturated rings. The van der Waals surface area contributed by atoms with Gasteiger partial charge in [0, 0.05) is 19.1 Å². The molecule has 1 saturated heterocycles. The first-order valence-electron chi connectivity index (χ1n) is 8.55. The van der Waals surface area contributed by atoms with Gasteiger partial charge in [-0.05, 0) is 37.1 Å². The van der Waals surface area contributed by atoms with E-state index in [1.54, 1.807) is 17.5 Å². The minimum atomic E-state index is -3.45. The zero-order valence-electron chi connectivity index (χ0n) is 14.1. The fourth-order valence-electron chi connectivity index (χ4n) is 3.61. The molecule has 0 bridgehead atoms. The van der Waals surface area contributed by atoms with Gasteiger partial charge in [0.1, 0.15) is 4.21 Å². The Kier molecular flexibility index (Phi) is 6.89. The second-order valence-electron chi connectivity index (χ2n) is 6.84. The molecule has 2 heterocycles. The Labute approximate surface area is 159 Å². The average Bonchev–Trinajstić information content (AvgIpc) is 3.11. The molecule has 3 rings (SSSR count). The lowest BCUT2D eigenvalue weighted by Gasteiger charge is -2.40. The SMILES string of the molecule is Cl.NC1(C(=O)N2CCC(NS(=O)(=O)c3cccs3)CC2)CCCCC1. The first-order valence-corrected chi connectivity index (χ1v) is 10.9. The lowest BCUT2D eigenvalue weighted by atomic mass is 9.81. The van der Waals surface area contributed by atoms with Gasteiger partial charge >= 0.3 is 0 Å². The number of amides is 1. The second-order valence-corrected chi connectivity index (χ2v) is 9.73. The molecular formula is C16H26ClN3O3S2. The van der Waals surface area contributed by atoms with Crippen LogP contribution in [0.4, 0.5) is 0 Å². The van der Waals surface area contributed by atoms with Crippen molar-refractivity contribution in [2.45, 2.75) is 60.7 Å². The summed E-state index contributed by atoms with van der Waals surface area (Å²) in [5.41, 5.74) is 5.63. The summed E-state index contributed by atoms with van der Waals surface area (Å²) < 4.78 is 27.6. The number of sulfonamides is 1. The van der Waals surface area contributed by atoms with Crippen LogP contribution < -0.4 is 10.5 Å². The van der Waals surface area contributed by atoms with E-state index >= 15 is 0 Å². The summed E-state index contributed by atoms with van der Waals surface area (Å²) in [6, 6.07) is 3.21. The lowest BCUT2D eigenvalue weighted by Crippen LogP contribution is -2.58. The number of nitrogens with zero attached hydrogens (tertiary/aromatic N) is 1. The van der Waals surface area contributed by atoms with Crippen molar-refractivity contribution in [3.63, 3.8) is 0 Å². The van der Waals surface area contributed by atoms with Crippen LogP contribution in [0, 0.1) is 0 Å². The quantitative estimate of drug-likeness (QED) is 0.799. The Bertz CT molecular complexity index is 665. The van der Waals surface area contributed by atoms with Crippen LogP contribution >= 0.6 is 23.7 Å². The van der Waals surface area contributed by atoms with Crippen molar-refractivity contribution in [1.82, 2.24) is 9.62 Å². The molecular weight excluding hydrogens is 382 g/mol. The highest BCUT2D eigenvalue weighted by atomic mass is 35.5. The zero-order chi connectivity index (χ0) is 17.2. The Morgan fingerprint density at radius 1 is 1.24 bits per heavy atom. The van der Waals surface area contributed by atoms with E-state index in [-0.39, 0.29) is 24.4 Å². The van der Waals surface area contributed by atoms with Crippen molar-refractivity contribution in [3.8, 4) is 0 Å². The minimum absolute atomic E-state index is 0. The van der Waals surface area contributed by atoms with Crippen LogP contribution in [0.2, 0.25) is 0 Å². The van der Waals surface area contributed by atoms with E-state index in [4.69, 9.17) is 5.73 Å². The van der Waals surface area contributed by atoms with E-state index in [0.717, 1.165) is 32.1 Å². The van der Waals surface area contributed by atoms with Crippen molar-refractivity contribution < 1.29 is 13.2 Å². The number of rotatable bonds is 4. The number of carbonyl (C=O) groups excluding carboxylic acids is 1. The predicted octanol–water partition coefficient (Wildman–Crippen LogP) is 2.10. The molecule has 0 spiro atoms. The van der Waals surface area contributed by atoms with Gasteiger partial charge in [-0.15, -0.1) is 23.7 Å². The van der Waals surface area contributed by atoms with Crippen LogP contribution in [0.25, 0.3) is 0 Å². The highest BCUT2D eigenvalue weighted by molar-refractivity contribution is 7.91. The molecule has 142 valence electrons. The largest absolute Gasteiger partial charge is 0.341 e. The van der Waals surface area contributed by atoms with Crippen LogP contribution in [-0.4, -0.2) is 43.9 Å². The maximum atomic E-state index is 12.7. The first kappa shape index (κ1) is 20.6. The maximum Gasteiger partial charge on any atom is 0.250 e. The number of nitrogens with one attached hydrogen (secondary N) is 1. The molecule has 1 aliphatic carbocycles. The van der Waals surface area contributed by atoms with Gasteiger partial charge in [0.2, 0.25) is 15.9 Å². The number of halogens is 1. The van der Waals surface area contributed by atoms with Gasteiger partial charge in [-0.2, -0.15) is 0 Å². The smallest absolute Gasteiger partial charge is 0.250 e. The third kappa shape index (κ3) is 4.74. The van der Waals surface area contributed by atoms with Gasteiger partial charge in [0.25, 0.3) is 0 Å². The van der Waals surface area contributed by atoms with Gasteiger partial charge in [0.15, 0.2) is 0 Å². The van der Waals surface area contributed by atoms with E-state index in [0.29, 0.717) is 30.1 Å². The molecule has 0 atom stereocenters. The van der Waals surface area contributed by atoms with Crippen molar-refractivity contribution >= 4 is 39.7 Å². The van der Waals surface area contributed by atoms with E-state index in [2.05, 4.69) is 4.72 Å². The second kappa shape index (κ2) is 8.35. The number of nitrogens with two attached hydrogens (primary N) is 1. The number of piperidine rings is 1. The molecule has 9 heteroatoms. The molecule has 0 unspecified atom stereocenters. The predicted molar refractivity (Wildman–Crippen MR) is 101 cm³/mol. The summed E-state index contributed by atoms with van der Waals surface area (Å²) >= 11 is 1.21. The van der Waals surface area contributed by atoms with Gasteiger partial charge < -0.3 is 10.6 Å². The van der Waals surface area contributed by atoms with E-state index < -0.39 is 15.6 Å². The van der Waals surface area contributed by atoms with Crippen LogP contribution in [-0.2, 0) is 14.8 Å². The van der Waals surface area contributed by atoms with E-state index in [9.17, 15) is 13.2 Å². The summed E-state index contributed by atoms with van der Waals surface area (Å²) in [4.78, 5) is 14.5. The van der Waals surface area contributed by atoms with E-state index in [1.165, 1.54) is 11.3 Å². The summed E-state index contributed by atoms with van der Waals surface area (Å²) in [5, 5.41) is 1.75. The van der Waals surface area contributed by atoms with Crippen LogP contribution in [0.15, 0.2) is 21.7 Å². The molecule has 1 amide bonds. The van der Waals surface area contributed by atoms with Crippen LogP contribution in [0.5, 0.6) is 0 Å². The summed E-state index contributed by atoms with van der Waals surface area (Å²) in [5.74, 6) is 0.0433. The number of likely N-dealkylation sites (tertiary alicyclic amines) is 1. The summed E-state index contributed by atoms with van der Waals surface area (Å²) in [6.45, 7) is 1.13. The Morgan fingerprint density at radius 3 is 2.44 bits per heavy atom.